The zero-order valence-corrected chi connectivity index (χ0v) is 12.9. The second-order valence-electron chi connectivity index (χ2n) is 4.24. The van der Waals surface area contributed by atoms with Gasteiger partial charge in [-0.1, -0.05) is 23.2 Å². The van der Waals surface area contributed by atoms with Crippen molar-refractivity contribution in [3.05, 3.63) is 62.6 Å². The van der Waals surface area contributed by atoms with Gasteiger partial charge >= 0.3 is 0 Å². The Kier molecular flexibility index (Phi) is 4.43. The van der Waals surface area contributed by atoms with Crippen LogP contribution in [0, 0.1) is 18.3 Å². The Bertz CT molecular complexity index is 722. The zero-order valence-electron chi connectivity index (χ0n) is 10.6. The topological polar surface area (TPSA) is 52.9 Å². The highest BCUT2D eigenvalue weighted by Crippen LogP contribution is 2.23. The quantitative estimate of drug-likeness (QED) is 0.865. The Morgan fingerprint density at radius 2 is 2.05 bits per heavy atom. The average Bonchev–Trinajstić information content (AvgIpc) is 2.41. The van der Waals surface area contributed by atoms with Crippen LogP contribution >= 0.6 is 27.5 Å². The first kappa shape index (κ1) is 14.6. The summed E-state index contributed by atoms with van der Waals surface area (Å²) in [5, 5.41) is 12.2. The third-order valence-corrected chi connectivity index (χ3v) is 3.64. The Balaban J connectivity index is 2.35. The number of rotatable bonds is 2. The first-order chi connectivity index (χ1) is 9.51. The largest absolute Gasteiger partial charge is 0.321 e. The van der Waals surface area contributed by atoms with Crippen LogP contribution in [0.1, 0.15) is 21.5 Å². The fourth-order valence-electron chi connectivity index (χ4n) is 1.72. The van der Waals surface area contributed by atoms with E-state index in [4.69, 9.17) is 16.9 Å². The number of benzene rings is 2. The molecule has 2 rings (SSSR count). The summed E-state index contributed by atoms with van der Waals surface area (Å²) in [6.45, 7) is 1.91. The summed E-state index contributed by atoms with van der Waals surface area (Å²) in [4.78, 5) is 12.3. The van der Waals surface area contributed by atoms with Crippen LogP contribution in [0.4, 0.5) is 5.69 Å². The van der Waals surface area contributed by atoms with Crippen LogP contribution in [0.3, 0.4) is 0 Å². The van der Waals surface area contributed by atoms with Crippen molar-refractivity contribution in [2.75, 3.05) is 5.32 Å². The molecule has 3 nitrogen and oxygen atoms in total. The molecule has 1 amide bonds. The van der Waals surface area contributed by atoms with Crippen molar-refractivity contribution < 1.29 is 4.79 Å². The summed E-state index contributed by atoms with van der Waals surface area (Å²) < 4.78 is 0.695. The van der Waals surface area contributed by atoms with Crippen LogP contribution in [0.2, 0.25) is 5.02 Å². The molecule has 0 aliphatic heterocycles. The van der Waals surface area contributed by atoms with Gasteiger partial charge in [-0.3, -0.25) is 4.79 Å². The van der Waals surface area contributed by atoms with Crippen LogP contribution in [0.25, 0.3) is 0 Å². The Morgan fingerprint density at radius 3 is 2.75 bits per heavy atom. The van der Waals surface area contributed by atoms with Gasteiger partial charge in [-0.2, -0.15) is 5.26 Å². The van der Waals surface area contributed by atoms with Gasteiger partial charge in [-0.15, -0.1) is 0 Å². The molecule has 0 radical (unpaired) electrons. The molecule has 0 unspecified atom stereocenters. The molecule has 20 heavy (non-hydrogen) atoms. The van der Waals surface area contributed by atoms with E-state index in [-0.39, 0.29) is 5.91 Å². The van der Waals surface area contributed by atoms with Crippen molar-refractivity contribution in [1.82, 2.24) is 0 Å². The molecule has 0 saturated heterocycles. The van der Waals surface area contributed by atoms with Gasteiger partial charge in [0.05, 0.1) is 16.8 Å². The van der Waals surface area contributed by atoms with Gasteiger partial charge in [-0.25, -0.2) is 0 Å². The predicted octanol–water partition coefficient (Wildman–Crippen LogP) is 4.53. The number of hydrogen-bond acceptors (Lipinski definition) is 2. The van der Waals surface area contributed by atoms with Gasteiger partial charge < -0.3 is 5.32 Å². The van der Waals surface area contributed by atoms with E-state index < -0.39 is 0 Å². The number of nitrogens with one attached hydrogen (secondary N) is 1. The summed E-state index contributed by atoms with van der Waals surface area (Å²) in [7, 11) is 0. The fraction of sp³-hybridized carbons (Fsp3) is 0.0667. The molecule has 0 aromatic heterocycles. The summed E-state index contributed by atoms with van der Waals surface area (Å²) in [5.74, 6) is -0.292. The van der Waals surface area contributed by atoms with Crippen molar-refractivity contribution in [3.63, 3.8) is 0 Å². The first-order valence-corrected chi connectivity index (χ1v) is 6.95. The number of nitrogens with zero attached hydrogens (tertiary/aromatic N) is 1. The van der Waals surface area contributed by atoms with E-state index in [0.29, 0.717) is 26.3 Å². The maximum atomic E-state index is 12.3. The molecular formula is C15H10BrClN2O. The number of amides is 1. The molecule has 1 N–H and O–H groups in total. The maximum absolute atomic E-state index is 12.3. The van der Waals surface area contributed by atoms with Crippen LogP contribution in [-0.2, 0) is 0 Å². The summed E-state index contributed by atoms with van der Waals surface area (Å²) in [6.07, 6.45) is 0. The number of nitriles is 1. The van der Waals surface area contributed by atoms with Crippen molar-refractivity contribution in [2.45, 2.75) is 6.92 Å². The number of anilines is 1. The standard InChI is InChI=1S/C15H10BrClN2O/c1-9-2-5-13(16)12(6-9)15(20)19-14-7-11(17)4-3-10(14)8-18/h2-7H,1H3,(H,19,20). The lowest BCUT2D eigenvalue weighted by Crippen LogP contribution is -2.13. The van der Waals surface area contributed by atoms with Crippen LogP contribution in [-0.4, -0.2) is 5.91 Å². The smallest absolute Gasteiger partial charge is 0.256 e. The van der Waals surface area contributed by atoms with Gasteiger partial charge in [0.1, 0.15) is 6.07 Å². The van der Waals surface area contributed by atoms with Gasteiger partial charge in [0, 0.05) is 9.50 Å². The first-order valence-electron chi connectivity index (χ1n) is 5.78. The van der Waals surface area contributed by atoms with E-state index in [0.717, 1.165) is 5.56 Å². The minimum Gasteiger partial charge on any atom is -0.321 e. The molecule has 100 valence electrons. The van der Waals surface area contributed by atoms with E-state index in [1.54, 1.807) is 24.3 Å². The minimum atomic E-state index is -0.292. The molecule has 0 heterocycles. The second-order valence-corrected chi connectivity index (χ2v) is 5.53. The lowest BCUT2D eigenvalue weighted by atomic mass is 10.1. The van der Waals surface area contributed by atoms with Crippen molar-refractivity contribution in [1.29, 1.82) is 5.26 Å². The molecule has 0 atom stereocenters. The normalized spacial score (nSPS) is 9.90. The second kappa shape index (κ2) is 6.08. The molecule has 0 bridgehead atoms. The van der Waals surface area contributed by atoms with Gasteiger partial charge in [0.2, 0.25) is 0 Å². The highest BCUT2D eigenvalue weighted by molar-refractivity contribution is 9.10. The zero-order chi connectivity index (χ0) is 14.7. The molecule has 2 aromatic rings. The van der Waals surface area contributed by atoms with E-state index in [9.17, 15) is 4.79 Å². The van der Waals surface area contributed by atoms with Gasteiger partial charge in [-0.05, 0) is 53.2 Å². The van der Waals surface area contributed by atoms with Gasteiger partial charge in [0.25, 0.3) is 5.91 Å². The van der Waals surface area contributed by atoms with E-state index in [2.05, 4.69) is 21.2 Å². The van der Waals surface area contributed by atoms with E-state index >= 15 is 0 Å². The number of carbonyl (C=O) groups excluding carboxylic acids is 1. The van der Waals surface area contributed by atoms with E-state index in [1.165, 1.54) is 0 Å². The third-order valence-electron chi connectivity index (χ3n) is 2.72. The SMILES string of the molecule is Cc1ccc(Br)c(C(=O)Nc2cc(Cl)ccc2C#N)c1. The van der Waals surface area contributed by atoms with E-state index in [1.807, 2.05) is 25.1 Å². The maximum Gasteiger partial charge on any atom is 0.256 e. The molecule has 5 heteroatoms. The van der Waals surface area contributed by atoms with Crippen LogP contribution in [0.5, 0.6) is 0 Å². The van der Waals surface area contributed by atoms with Crippen LogP contribution < -0.4 is 5.32 Å². The fourth-order valence-corrected chi connectivity index (χ4v) is 2.32. The summed E-state index contributed by atoms with van der Waals surface area (Å²) in [5.41, 5.74) is 2.25. The summed E-state index contributed by atoms with van der Waals surface area (Å²) >= 11 is 9.23. The molecule has 0 aliphatic rings. The average molecular weight is 350 g/mol. The lowest BCUT2D eigenvalue weighted by Gasteiger charge is -2.09. The molecule has 0 fully saturated rings. The Morgan fingerprint density at radius 1 is 1.30 bits per heavy atom. The third kappa shape index (κ3) is 3.19. The number of hydrogen-bond donors (Lipinski definition) is 1. The number of aryl methyl sites for hydroxylation is 1. The number of carbonyl (C=O) groups is 1. The van der Waals surface area contributed by atoms with Crippen molar-refractivity contribution >= 4 is 39.1 Å². The summed E-state index contributed by atoms with van der Waals surface area (Å²) in [6, 6.07) is 12.3. The highest BCUT2D eigenvalue weighted by Gasteiger charge is 2.13. The Hall–Kier alpha value is -1.83. The van der Waals surface area contributed by atoms with Crippen molar-refractivity contribution in [3.8, 4) is 6.07 Å². The molecular weight excluding hydrogens is 340 g/mol. The number of halogens is 2. The van der Waals surface area contributed by atoms with Crippen LogP contribution in [0.15, 0.2) is 40.9 Å². The molecule has 0 saturated carbocycles. The predicted molar refractivity (Wildman–Crippen MR) is 83.0 cm³/mol. The molecule has 2 aromatic carbocycles. The van der Waals surface area contributed by atoms with Gasteiger partial charge in [0.15, 0.2) is 0 Å². The highest BCUT2D eigenvalue weighted by atomic mass is 79.9. The lowest BCUT2D eigenvalue weighted by molar-refractivity contribution is 0.102. The molecule has 0 spiro atoms. The Labute approximate surface area is 130 Å². The van der Waals surface area contributed by atoms with Crippen molar-refractivity contribution in [2.24, 2.45) is 0 Å². The minimum absolute atomic E-state index is 0.292. The monoisotopic (exact) mass is 348 g/mol. The molecule has 0 aliphatic carbocycles.